The molecule has 7 nitrogen and oxygen atoms in total. The standard InChI is InChI=1S/C16H20N4O3/c1-5-7-17-14(21)10-8-11(9(3)4)18-13-12(10)15(22)19-16(23)20(13)6-2/h5,8-9H,1,6-7H2,2-4H3,(H,17,21)(H,19,22,23). The molecule has 0 saturated heterocycles. The fraction of sp³-hybridized carbons (Fsp3) is 0.375. The quantitative estimate of drug-likeness (QED) is 0.808. The second kappa shape index (κ2) is 6.60. The molecule has 0 saturated carbocycles. The molecule has 2 rings (SSSR count). The molecule has 122 valence electrons. The fourth-order valence-electron chi connectivity index (χ4n) is 2.32. The number of H-pyrrole nitrogens is 1. The summed E-state index contributed by atoms with van der Waals surface area (Å²) in [6.45, 7) is 9.82. The molecule has 7 heteroatoms. The lowest BCUT2D eigenvalue weighted by atomic mass is 10.0. The lowest BCUT2D eigenvalue weighted by molar-refractivity contribution is 0.0959. The Morgan fingerprint density at radius 2 is 2.17 bits per heavy atom. The molecule has 0 bridgehead atoms. The SMILES string of the molecule is C=CCNC(=O)c1cc(C(C)C)nc2c1c(=O)[nH]c(=O)n2CC. The molecule has 2 heterocycles. The normalized spacial score (nSPS) is 11.0. The Balaban J connectivity index is 2.89. The highest BCUT2D eigenvalue weighted by Gasteiger charge is 2.19. The highest BCUT2D eigenvalue weighted by Crippen LogP contribution is 2.19. The van der Waals surface area contributed by atoms with Crippen molar-refractivity contribution in [1.82, 2.24) is 19.9 Å². The number of hydrogen-bond acceptors (Lipinski definition) is 4. The van der Waals surface area contributed by atoms with Crippen molar-refractivity contribution in [2.75, 3.05) is 6.54 Å². The van der Waals surface area contributed by atoms with Gasteiger partial charge in [-0.3, -0.25) is 19.1 Å². The third-order valence-corrected chi connectivity index (χ3v) is 3.53. The Morgan fingerprint density at radius 1 is 1.48 bits per heavy atom. The summed E-state index contributed by atoms with van der Waals surface area (Å²) in [6.07, 6.45) is 1.55. The minimum absolute atomic E-state index is 0.0463. The van der Waals surface area contributed by atoms with Crippen molar-refractivity contribution in [1.29, 1.82) is 0 Å². The largest absolute Gasteiger partial charge is 0.349 e. The average molecular weight is 316 g/mol. The molecule has 0 unspecified atom stereocenters. The molecule has 0 aliphatic rings. The van der Waals surface area contributed by atoms with Gasteiger partial charge in [-0.05, 0) is 18.9 Å². The van der Waals surface area contributed by atoms with E-state index >= 15 is 0 Å². The van der Waals surface area contributed by atoms with Crippen LogP contribution in [0.1, 0.15) is 42.7 Å². The number of aryl methyl sites for hydroxylation is 1. The van der Waals surface area contributed by atoms with Gasteiger partial charge in [0.1, 0.15) is 0 Å². The van der Waals surface area contributed by atoms with Crippen molar-refractivity contribution in [2.24, 2.45) is 0 Å². The van der Waals surface area contributed by atoms with Gasteiger partial charge in [0.15, 0.2) is 5.65 Å². The van der Waals surface area contributed by atoms with Gasteiger partial charge in [0.05, 0.1) is 10.9 Å². The van der Waals surface area contributed by atoms with Gasteiger partial charge in [0.2, 0.25) is 0 Å². The predicted molar refractivity (Wildman–Crippen MR) is 88.9 cm³/mol. The van der Waals surface area contributed by atoms with Crippen molar-refractivity contribution in [3.05, 3.63) is 50.8 Å². The number of aromatic amines is 1. The lowest BCUT2D eigenvalue weighted by Crippen LogP contribution is -2.33. The van der Waals surface area contributed by atoms with Crippen LogP contribution in [0.25, 0.3) is 11.0 Å². The van der Waals surface area contributed by atoms with E-state index in [1.165, 1.54) is 4.57 Å². The first-order valence-electron chi connectivity index (χ1n) is 7.47. The minimum atomic E-state index is -0.610. The van der Waals surface area contributed by atoms with Gasteiger partial charge in [0, 0.05) is 18.8 Å². The Labute approximate surface area is 133 Å². The van der Waals surface area contributed by atoms with E-state index in [4.69, 9.17) is 0 Å². The number of nitrogens with one attached hydrogen (secondary N) is 2. The first-order valence-corrected chi connectivity index (χ1v) is 7.47. The topological polar surface area (TPSA) is 96.8 Å². The highest BCUT2D eigenvalue weighted by molar-refractivity contribution is 6.05. The zero-order valence-corrected chi connectivity index (χ0v) is 13.5. The van der Waals surface area contributed by atoms with Crippen molar-refractivity contribution in [3.8, 4) is 0 Å². The van der Waals surface area contributed by atoms with Gasteiger partial charge in [-0.15, -0.1) is 6.58 Å². The molecular formula is C16H20N4O3. The molecule has 2 N–H and O–H groups in total. The van der Waals surface area contributed by atoms with E-state index in [0.717, 1.165) is 0 Å². The molecule has 0 spiro atoms. The highest BCUT2D eigenvalue weighted by atomic mass is 16.2. The maximum Gasteiger partial charge on any atom is 0.329 e. The van der Waals surface area contributed by atoms with Gasteiger partial charge in [0.25, 0.3) is 11.5 Å². The molecule has 0 fully saturated rings. The summed E-state index contributed by atoms with van der Waals surface area (Å²) >= 11 is 0. The van der Waals surface area contributed by atoms with Gasteiger partial charge in [-0.2, -0.15) is 0 Å². The molecule has 2 aromatic heterocycles. The van der Waals surface area contributed by atoms with Crippen molar-refractivity contribution in [2.45, 2.75) is 33.2 Å². The summed E-state index contributed by atoms with van der Waals surface area (Å²) in [5, 5.41) is 2.78. The maximum atomic E-state index is 12.4. The van der Waals surface area contributed by atoms with E-state index in [-0.39, 0.29) is 29.1 Å². The minimum Gasteiger partial charge on any atom is -0.349 e. The molecule has 23 heavy (non-hydrogen) atoms. The van der Waals surface area contributed by atoms with E-state index < -0.39 is 17.2 Å². The number of aromatic nitrogens is 3. The first-order chi connectivity index (χ1) is 10.9. The van der Waals surface area contributed by atoms with Gasteiger partial charge in [-0.1, -0.05) is 19.9 Å². The molecule has 1 amide bonds. The molecule has 0 radical (unpaired) electrons. The van der Waals surface area contributed by atoms with Gasteiger partial charge < -0.3 is 5.32 Å². The van der Waals surface area contributed by atoms with Crippen LogP contribution in [-0.2, 0) is 6.54 Å². The van der Waals surface area contributed by atoms with Crippen LogP contribution in [0.15, 0.2) is 28.3 Å². The second-order valence-electron chi connectivity index (χ2n) is 5.45. The number of nitrogens with zero attached hydrogens (tertiary/aromatic N) is 2. The van der Waals surface area contributed by atoms with Crippen LogP contribution >= 0.6 is 0 Å². The van der Waals surface area contributed by atoms with E-state index in [1.807, 2.05) is 13.8 Å². The first kappa shape index (κ1) is 16.7. The van der Waals surface area contributed by atoms with Crippen molar-refractivity contribution < 1.29 is 4.79 Å². The van der Waals surface area contributed by atoms with Crippen LogP contribution in [0, 0.1) is 0 Å². The summed E-state index contributed by atoms with van der Waals surface area (Å²) in [4.78, 5) is 43.3. The van der Waals surface area contributed by atoms with E-state index in [0.29, 0.717) is 12.2 Å². The molecule has 0 atom stereocenters. The molecule has 0 aliphatic heterocycles. The molecule has 0 aliphatic carbocycles. The summed E-state index contributed by atoms with van der Waals surface area (Å²) in [5.74, 6) is -0.351. The number of rotatable bonds is 5. The van der Waals surface area contributed by atoms with Crippen molar-refractivity contribution >= 4 is 16.9 Å². The second-order valence-corrected chi connectivity index (χ2v) is 5.45. The van der Waals surface area contributed by atoms with E-state index in [2.05, 4.69) is 21.9 Å². The van der Waals surface area contributed by atoms with Crippen molar-refractivity contribution in [3.63, 3.8) is 0 Å². The summed E-state index contributed by atoms with van der Waals surface area (Å²) in [6, 6.07) is 1.60. The monoisotopic (exact) mass is 316 g/mol. The van der Waals surface area contributed by atoms with Crippen LogP contribution in [0.2, 0.25) is 0 Å². The maximum absolute atomic E-state index is 12.4. The Bertz CT molecular complexity index is 877. The number of pyridine rings is 1. The predicted octanol–water partition coefficient (Wildman–Crippen LogP) is 1.14. The Hall–Kier alpha value is -2.70. The summed E-state index contributed by atoms with van der Waals surface area (Å²) in [7, 11) is 0. The third kappa shape index (κ3) is 3.08. The zero-order valence-electron chi connectivity index (χ0n) is 13.5. The fourth-order valence-corrected chi connectivity index (χ4v) is 2.32. The number of amides is 1. The number of hydrogen-bond donors (Lipinski definition) is 2. The lowest BCUT2D eigenvalue weighted by Gasteiger charge is -2.13. The van der Waals surface area contributed by atoms with Gasteiger partial charge in [-0.25, -0.2) is 9.78 Å². The Morgan fingerprint density at radius 3 is 2.74 bits per heavy atom. The summed E-state index contributed by atoms with van der Waals surface area (Å²) < 4.78 is 1.35. The molecule has 0 aromatic carbocycles. The van der Waals surface area contributed by atoms with Crippen LogP contribution in [0.4, 0.5) is 0 Å². The molecule has 2 aromatic rings. The number of carbonyl (C=O) groups excluding carboxylic acids is 1. The van der Waals surface area contributed by atoms with Gasteiger partial charge >= 0.3 is 5.69 Å². The summed E-state index contributed by atoms with van der Waals surface area (Å²) in [5.41, 5.74) is -0.0502. The van der Waals surface area contributed by atoms with Crippen LogP contribution in [-0.4, -0.2) is 27.0 Å². The van der Waals surface area contributed by atoms with E-state index in [1.54, 1.807) is 19.1 Å². The van der Waals surface area contributed by atoms with Crippen LogP contribution in [0.3, 0.4) is 0 Å². The third-order valence-electron chi connectivity index (χ3n) is 3.53. The zero-order chi connectivity index (χ0) is 17.1. The number of carbonyl (C=O) groups is 1. The smallest absolute Gasteiger partial charge is 0.329 e. The average Bonchev–Trinajstić information content (AvgIpc) is 2.51. The Kier molecular flexibility index (Phi) is 4.78. The molecular weight excluding hydrogens is 296 g/mol. The van der Waals surface area contributed by atoms with E-state index in [9.17, 15) is 14.4 Å². The van der Waals surface area contributed by atoms with Crippen LogP contribution < -0.4 is 16.6 Å². The number of fused-ring (bicyclic) bond motifs is 1. The van der Waals surface area contributed by atoms with Crippen LogP contribution in [0.5, 0.6) is 0 Å².